The Bertz CT molecular complexity index is 706. The average molecular weight is 328 g/mol. The third-order valence-corrected chi connectivity index (χ3v) is 4.93. The topological polar surface area (TPSA) is 47.7 Å². The molecule has 128 valence electrons. The largest absolute Gasteiger partial charge is 0.490 e. The van der Waals surface area contributed by atoms with E-state index in [4.69, 9.17) is 13.9 Å². The van der Waals surface area contributed by atoms with Crippen LogP contribution >= 0.6 is 0 Å². The van der Waals surface area contributed by atoms with E-state index < -0.39 is 0 Å². The van der Waals surface area contributed by atoms with Crippen LogP contribution in [0.3, 0.4) is 0 Å². The zero-order chi connectivity index (χ0) is 16.5. The maximum Gasteiger partial charge on any atom is 0.208 e. The minimum absolute atomic E-state index is 0.384. The van der Waals surface area contributed by atoms with Crippen LogP contribution in [0.2, 0.25) is 0 Å². The lowest BCUT2D eigenvalue weighted by Crippen LogP contribution is -2.23. The number of aryl methyl sites for hydroxylation is 2. The first-order chi connectivity index (χ1) is 11.7. The van der Waals surface area contributed by atoms with Gasteiger partial charge in [0, 0.05) is 12.5 Å². The highest BCUT2D eigenvalue weighted by molar-refractivity contribution is 5.44. The Hall–Kier alpha value is -2.01. The monoisotopic (exact) mass is 328 g/mol. The zero-order valence-corrected chi connectivity index (χ0v) is 14.4. The van der Waals surface area contributed by atoms with Gasteiger partial charge in [0.1, 0.15) is 5.76 Å². The summed E-state index contributed by atoms with van der Waals surface area (Å²) in [6.07, 6.45) is 3.28. The third kappa shape index (κ3) is 3.00. The fourth-order valence-electron chi connectivity index (χ4n) is 3.56. The van der Waals surface area contributed by atoms with Gasteiger partial charge in [0.15, 0.2) is 11.5 Å². The van der Waals surface area contributed by atoms with Gasteiger partial charge in [-0.2, -0.15) is 0 Å². The second-order valence-electron chi connectivity index (χ2n) is 6.63. The number of ether oxygens (including phenoxy) is 2. The number of hydrogen-bond donors (Lipinski definition) is 0. The number of hydrogen-bond acceptors (Lipinski definition) is 5. The fourth-order valence-corrected chi connectivity index (χ4v) is 3.56. The maximum absolute atomic E-state index is 5.85. The molecule has 0 aliphatic carbocycles. The van der Waals surface area contributed by atoms with Gasteiger partial charge in [-0.3, -0.25) is 4.90 Å². The molecule has 0 amide bonds. The molecular weight excluding hydrogens is 304 g/mol. The van der Waals surface area contributed by atoms with Crippen LogP contribution in [0.25, 0.3) is 0 Å². The Morgan fingerprint density at radius 3 is 2.75 bits per heavy atom. The molecular formula is C19H24N2O3. The lowest BCUT2D eigenvalue weighted by atomic mass is 10.0. The van der Waals surface area contributed by atoms with Gasteiger partial charge in [-0.25, -0.2) is 4.98 Å². The highest BCUT2D eigenvalue weighted by Gasteiger charge is 2.28. The van der Waals surface area contributed by atoms with E-state index in [2.05, 4.69) is 22.0 Å². The van der Waals surface area contributed by atoms with Crippen molar-refractivity contribution in [2.75, 3.05) is 19.8 Å². The van der Waals surface area contributed by atoms with Crippen LogP contribution in [0.15, 0.2) is 22.6 Å². The summed E-state index contributed by atoms with van der Waals surface area (Å²) in [4.78, 5) is 6.98. The van der Waals surface area contributed by atoms with E-state index in [1.54, 1.807) is 0 Å². The molecule has 2 aliphatic heterocycles. The summed E-state index contributed by atoms with van der Waals surface area (Å²) in [6, 6.07) is 6.75. The van der Waals surface area contributed by atoms with Crippen LogP contribution in [0.1, 0.15) is 48.2 Å². The molecule has 0 unspecified atom stereocenters. The van der Waals surface area contributed by atoms with Crippen molar-refractivity contribution in [3.05, 3.63) is 41.1 Å². The van der Waals surface area contributed by atoms with E-state index in [1.807, 2.05) is 19.9 Å². The quantitative estimate of drug-likeness (QED) is 0.858. The summed E-state index contributed by atoms with van der Waals surface area (Å²) >= 11 is 0. The van der Waals surface area contributed by atoms with Gasteiger partial charge in [0.05, 0.1) is 25.5 Å². The summed E-state index contributed by atoms with van der Waals surface area (Å²) in [5, 5.41) is 0. The maximum atomic E-state index is 5.85. The van der Waals surface area contributed by atoms with Crippen molar-refractivity contribution < 1.29 is 13.9 Å². The molecule has 24 heavy (non-hydrogen) atoms. The standard InChI is InChI=1S/C19H24N2O3/c1-13-14(2)24-19(20-13)12-21-8-3-5-16(21)15-6-7-17-18(11-15)23-10-4-9-22-17/h6-7,11,16H,3-5,8-10,12H2,1-2H3/t16-/m0/s1. The normalized spacial score (nSPS) is 21.0. The molecule has 1 aromatic carbocycles. The Kier molecular flexibility index (Phi) is 4.19. The molecule has 5 heteroatoms. The number of benzene rings is 1. The van der Waals surface area contributed by atoms with Crippen LogP contribution in [0, 0.1) is 13.8 Å². The number of fused-ring (bicyclic) bond motifs is 1. The molecule has 1 aromatic heterocycles. The number of nitrogens with zero attached hydrogens (tertiary/aromatic N) is 2. The molecule has 1 atom stereocenters. The minimum atomic E-state index is 0.384. The molecule has 0 radical (unpaired) electrons. The molecule has 4 rings (SSSR count). The van der Waals surface area contributed by atoms with Crippen molar-refractivity contribution in [3.8, 4) is 11.5 Å². The summed E-state index contributed by atoms with van der Waals surface area (Å²) < 4.78 is 17.4. The Morgan fingerprint density at radius 1 is 1.12 bits per heavy atom. The van der Waals surface area contributed by atoms with Gasteiger partial charge in [-0.1, -0.05) is 6.07 Å². The van der Waals surface area contributed by atoms with E-state index in [1.165, 1.54) is 12.0 Å². The first-order valence-corrected chi connectivity index (χ1v) is 8.77. The molecule has 0 N–H and O–H groups in total. The first-order valence-electron chi connectivity index (χ1n) is 8.77. The third-order valence-electron chi connectivity index (χ3n) is 4.93. The van der Waals surface area contributed by atoms with Gasteiger partial charge in [0.2, 0.25) is 5.89 Å². The molecule has 0 bridgehead atoms. The second kappa shape index (κ2) is 6.48. The SMILES string of the molecule is Cc1nc(CN2CCC[C@H]2c2ccc3c(c2)OCCCO3)oc1C. The summed E-state index contributed by atoms with van der Waals surface area (Å²) in [5.74, 6) is 3.46. The molecule has 1 fully saturated rings. The van der Waals surface area contributed by atoms with Crippen LogP contribution in [0.4, 0.5) is 0 Å². The number of likely N-dealkylation sites (tertiary alicyclic amines) is 1. The predicted octanol–water partition coefficient (Wildman–Crippen LogP) is 3.79. The molecule has 0 spiro atoms. The van der Waals surface area contributed by atoms with Crippen molar-refractivity contribution in [1.29, 1.82) is 0 Å². The van der Waals surface area contributed by atoms with Crippen molar-refractivity contribution in [1.82, 2.24) is 9.88 Å². The van der Waals surface area contributed by atoms with Gasteiger partial charge >= 0.3 is 0 Å². The fraction of sp³-hybridized carbons (Fsp3) is 0.526. The van der Waals surface area contributed by atoms with Gasteiger partial charge in [-0.15, -0.1) is 0 Å². The highest BCUT2D eigenvalue weighted by Crippen LogP contribution is 2.38. The Labute approximate surface area is 142 Å². The van der Waals surface area contributed by atoms with Crippen molar-refractivity contribution in [3.63, 3.8) is 0 Å². The minimum Gasteiger partial charge on any atom is -0.490 e. The van der Waals surface area contributed by atoms with Crippen LogP contribution in [-0.4, -0.2) is 29.6 Å². The zero-order valence-electron chi connectivity index (χ0n) is 14.4. The predicted molar refractivity (Wildman–Crippen MR) is 90.4 cm³/mol. The average Bonchev–Trinajstić information content (AvgIpc) is 3.06. The van der Waals surface area contributed by atoms with E-state index in [9.17, 15) is 0 Å². The van der Waals surface area contributed by atoms with Gasteiger partial charge in [-0.05, 0) is 50.9 Å². The molecule has 3 heterocycles. The smallest absolute Gasteiger partial charge is 0.208 e. The Balaban J connectivity index is 1.55. The lowest BCUT2D eigenvalue weighted by molar-refractivity contribution is 0.221. The number of aromatic nitrogens is 1. The Morgan fingerprint density at radius 2 is 1.96 bits per heavy atom. The van der Waals surface area contributed by atoms with E-state index in [-0.39, 0.29) is 0 Å². The summed E-state index contributed by atoms with van der Waals surface area (Å²) in [7, 11) is 0. The lowest BCUT2D eigenvalue weighted by Gasteiger charge is -2.24. The molecule has 1 saturated heterocycles. The molecule has 2 aliphatic rings. The van der Waals surface area contributed by atoms with Gasteiger partial charge < -0.3 is 13.9 Å². The van der Waals surface area contributed by atoms with Crippen LogP contribution in [0.5, 0.6) is 11.5 Å². The van der Waals surface area contributed by atoms with E-state index in [0.717, 1.165) is 68.0 Å². The first kappa shape index (κ1) is 15.5. The van der Waals surface area contributed by atoms with Crippen molar-refractivity contribution >= 4 is 0 Å². The number of rotatable bonds is 3. The summed E-state index contributed by atoms with van der Waals surface area (Å²) in [6.45, 7) is 7.24. The summed E-state index contributed by atoms with van der Waals surface area (Å²) in [5.41, 5.74) is 2.27. The van der Waals surface area contributed by atoms with Crippen LogP contribution in [-0.2, 0) is 6.54 Å². The molecule has 5 nitrogen and oxygen atoms in total. The van der Waals surface area contributed by atoms with Crippen molar-refractivity contribution in [2.45, 2.75) is 45.7 Å². The highest BCUT2D eigenvalue weighted by atomic mass is 16.5. The van der Waals surface area contributed by atoms with E-state index >= 15 is 0 Å². The van der Waals surface area contributed by atoms with Crippen LogP contribution < -0.4 is 9.47 Å². The molecule has 0 saturated carbocycles. The van der Waals surface area contributed by atoms with Gasteiger partial charge in [0.25, 0.3) is 0 Å². The number of oxazole rings is 1. The molecule has 2 aromatic rings. The van der Waals surface area contributed by atoms with Crippen molar-refractivity contribution in [2.24, 2.45) is 0 Å². The second-order valence-corrected chi connectivity index (χ2v) is 6.63. The van der Waals surface area contributed by atoms with E-state index in [0.29, 0.717) is 6.04 Å².